The molecule has 0 unspecified atom stereocenters. The van der Waals surface area contributed by atoms with Gasteiger partial charge in [0.25, 0.3) is 0 Å². The lowest BCUT2D eigenvalue weighted by molar-refractivity contribution is -0.127. The second-order valence-corrected chi connectivity index (χ2v) is 4.65. The van der Waals surface area contributed by atoms with Crippen LogP contribution in [0.3, 0.4) is 0 Å². The molecule has 0 amide bonds. The van der Waals surface area contributed by atoms with Gasteiger partial charge in [0.05, 0.1) is 0 Å². The summed E-state index contributed by atoms with van der Waals surface area (Å²) in [4.78, 5) is 12.2. The average Bonchev–Trinajstić information content (AvgIpc) is 2.31. The van der Waals surface area contributed by atoms with Gasteiger partial charge in [-0.2, -0.15) is 0 Å². The summed E-state index contributed by atoms with van der Waals surface area (Å²) in [6.07, 6.45) is 3.79. The van der Waals surface area contributed by atoms with Gasteiger partial charge >= 0.3 is 0 Å². The van der Waals surface area contributed by atoms with E-state index in [1.807, 2.05) is 7.05 Å². The molecule has 0 saturated heterocycles. The van der Waals surface area contributed by atoms with Crippen molar-refractivity contribution >= 4 is 5.78 Å². The quantitative estimate of drug-likeness (QED) is 0.825. The highest BCUT2D eigenvalue weighted by molar-refractivity contribution is 5.90. The summed E-state index contributed by atoms with van der Waals surface area (Å²) in [5.74, 6) is 0.338. The molecule has 2 rings (SSSR count). The van der Waals surface area contributed by atoms with Gasteiger partial charge in [0.2, 0.25) is 0 Å². The normalized spacial score (nSPS) is 25.8. The molecule has 1 aromatic carbocycles. The standard InChI is InChI=1S/C14H19NO/c1-11-6-8-12(9-7-11)14(15-2)10-4-3-5-13(14)16/h6-9,15H,3-5,10H2,1-2H3/t14-/m1/s1. The Balaban J connectivity index is 2.40. The van der Waals surface area contributed by atoms with E-state index < -0.39 is 5.54 Å². The van der Waals surface area contributed by atoms with Crippen LogP contribution in [0.5, 0.6) is 0 Å². The van der Waals surface area contributed by atoms with Gasteiger partial charge in [-0.1, -0.05) is 36.2 Å². The lowest BCUT2D eigenvalue weighted by Crippen LogP contribution is -2.49. The maximum atomic E-state index is 12.2. The third-order valence-corrected chi connectivity index (χ3v) is 3.65. The first-order valence-corrected chi connectivity index (χ1v) is 5.98. The molecule has 0 aromatic heterocycles. The van der Waals surface area contributed by atoms with Gasteiger partial charge in [-0.3, -0.25) is 4.79 Å². The van der Waals surface area contributed by atoms with Crippen molar-refractivity contribution in [3.8, 4) is 0 Å². The highest BCUT2D eigenvalue weighted by Crippen LogP contribution is 2.34. The van der Waals surface area contributed by atoms with E-state index in [4.69, 9.17) is 0 Å². The number of carbonyl (C=O) groups is 1. The number of rotatable bonds is 2. The van der Waals surface area contributed by atoms with Crippen LogP contribution in [0.4, 0.5) is 0 Å². The fraction of sp³-hybridized carbons (Fsp3) is 0.500. The fourth-order valence-electron chi connectivity index (χ4n) is 2.58. The number of likely N-dealkylation sites (N-methyl/N-ethyl adjacent to an activating group) is 1. The van der Waals surface area contributed by atoms with Crippen LogP contribution in [0.2, 0.25) is 0 Å². The van der Waals surface area contributed by atoms with Crippen LogP contribution >= 0.6 is 0 Å². The van der Waals surface area contributed by atoms with Crippen molar-refractivity contribution in [3.05, 3.63) is 35.4 Å². The maximum absolute atomic E-state index is 12.2. The monoisotopic (exact) mass is 217 g/mol. The van der Waals surface area contributed by atoms with Crippen LogP contribution in [0, 0.1) is 6.92 Å². The second kappa shape index (κ2) is 4.38. The molecule has 2 heteroatoms. The number of benzene rings is 1. The summed E-state index contributed by atoms with van der Waals surface area (Å²) in [5.41, 5.74) is 1.93. The highest BCUT2D eigenvalue weighted by Gasteiger charge is 2.39. The smallest absolute Gasteiger partial charge is 0.157 e. The van der Waals surface area contributed by atoms with E-state index in [0.717, 1.165) is 24.8 Å². The summed E-state index contributed by atoms with van der Waals surface area (Å²) < 4.78 is 0. The Morgan fingerprint density at radius 3 is 2.44 bits per heavy atom. The number of ketones is 1. The first kappa shape index (κ1) is 11.3. The summed E-state index contributed by atoms with van der Waals surface area (Å²) in [7, 11) is 1.89. The van der Waals surface area contributed by atoms with Crippen molar-refractivity contribution in [1.82, 2.24) is 5.32 Å². The molecular weight excluding hydrogens is 198 g/mol. The van der Waals surface area contributed by atoms with Gasteiger partial charge < -0.3 is 5.32 Å². The van der Waals surface area contributed by atoms with Gasteiger partial charge in [-0.25, -0.2) is 0 Å². The van der Waals surface area contributed by atoms with Crippen molar-refractivity contribution in [3.63, 3.8) is 0 Å². The number of hydrogen-bond acceptors (Lipinski definition) is 2. The molecule has 16 heavy (non-hydrogen) atoms. The number of Topliss-reactive ketones (excluding diaryl/α,β-unsaturated/α-hetero) is 1. The molecule has 1 aromatic rings. The van der Waals surface area contributed by atoms with Crippen molar-refractivity contribution in [2.45, 2.75) is 38.1 Å². The molecule has 1 saturated carbocycles. The van der Waals surface area contributed by atoms with Crippen LogP contribution in [0.15, 0.2) is 24.3 Å². The van der Waals surface area contributed by atoms with Crippen molar-refractivity contribution in [2.24, 2.45) is 0 Å². The molecule has 0 heterocycles. The summed E-state index contributed by atoms with van der Waals surface area (Å²) in [5, 5.41) is 3.25. The highest BCUT2D eigenvalue weighted by atomic mass is 16.1. The molecular formula is C14H19NO. The Hall–Kier alpha value is -1.15. The molecule has 1 fully saturated rings. The zero-order valence-electron chi connectivity index (χ0n) is 10.0. The molecule has 0 radical (unpaired) electrons. The van der Waals surface area contributed by atoms with E-state index in [0.29, 0.717) is 12.2 Å². The van der Waals surface area contributed by atoms with E-state index in [-0.39, 0.29) is 0 Å². The Labute approximate surface area is 97.1 Å². The Kier molecular flexibility index (Phi) is 3.10. The average molecular weight is 217 g/mol. The first-order chi connectivity index (χ1) is 7.69. The van der Waals surface area contributed by atoms with Crippen LogP contribution < -0.4 is 5.32 Å². The van der Waals surface area contributed by atoms with Crippen LogP contribution in [0.25, 0.3) is 0 Å². The molecule has 2 nitrogen and oxygen atoms in total. The summed E-state index contributed by atoms with van der Waals surface area (Å²) >= 11 is 0. The SMILES string of the molecule is CN[C@@]1(c2ccc(C)cc2)CCCCC1=O. The minimum Gasteiger partial charge on any atom is -0.304 e. The topological polar surface area (TPSA) is 29.1 Å². The third kappa shape index (κ3) is 1.78. The van der Waals surface area contributed by atoms with E-state index in [1.165, 1.54) is 5.56 Å². The maximum Gasteiger partial charge on any atom is 0.157 e. The van der Waals surface area contributed by atoms with Gasteiger partial charge in [0, 0.05) is 6.42 Å². The first-order valence-electron chi connectivity index (χ1n) is 5.98. The van der Waals surface area contributed by atoms with E-state index in [2.05, 4.69) is 36.5 Å². The van der Waals surface area contributed by atoms with Crippen LogP contribution in [0.1, 0.15) is 36.8 Å². The molecule has 0 aliphatic heterocycles. The van der Waals surface area contributed by atoms with Crippen molar-refractivity contribution in [1.29, 1.82) is 0 Å². The minimum atomic E-state index is -0.425. The predicted molar refractivity (Wildman–Crippen MR) is 65.4 cm³/mol. The molecule has 1 aliphatic carbocycles. The third-order valence-electron chi connectivity index (χ3n) is 3.65. The number of nitrogens with one attached hydrogen (secondary N) is 1. The van der Waals surface area contributed by atoms with Crippen molar-refractivity contribution < 1.29 is 4.79 Å². The molecule has 1 aliphatic rings. The molecule has 1 N–H and O–H groups in total. The Morgan fingerprint density at radius 1 is 1.19 bits per heavy atom. The zero-order chi connectivity index (χ0) is 11.6. The summed E-state index contributed by atoms with van der Waals surface area (Å²) in [6.45, 7) is 2.07. The van der Waals surface area contributed by atoms with Gasteiger partial charge in [-0.05, 0) is 32.4 Å². The number of aryl methyl sites for hydroxylation is 1. The largest absolute Gasteiger partial charge is 0.304 e. The molecule has 0 bridgehead atoms. The van der Waals surface area contributed by atoms with E-state index in [9.17, 15) is 4.79 Å². The van der Waals surface area contributed by atoms with Gasteiger partial charge in [-0.15, -0.1) is 0 Å². The molecule has 1 atom stereocenters. The Bertz CT molecular complexity index is 382. The lowest BCUT2D eigenvalue weighted by Gasteiger charge is -2.36. The number of carbonyl (C=O) groups excluding carboxylic acids is 1. The Morgan fingerprint density at radius 2 is 1.88 bits per heavy atom. The summed E-state index contributed by atoms with van der Waals surface area (Å²) in [6, 6.07) is 8.32. The van der Waals surface area contributed by atoms with Crippen molar-refractivity contribution in [2.75, 3.05) is 7.05 Å². The van der Waals surface area contributed by atoms with Gasteiger partial charge in [0.15, 0.2) is 5.78 Å². The minimum absolute atomic E-state index is 0.338. The predicted octanol–water partition coefficient (Wildman–Crippen LogP) is 2.55. The molecule has 0 spiro atoms. The van der Waals surface area contributed by atoms with E-state index in [1.54, 1.807) is 0 Å². The van der Waals surface area contributed by atoms with E-state index >= 15 is 0 Å². The number of hydrogen-bond donors (Lipinski definition) is 1. The van der Waals surface area contributed by atoms with Crippen LogP contribution in [-0.4, -0.2) is 12.8 Å². The van der Waals surface area contributed by atoms with Crippen LogP contribution in [-0.2, 0) is 10.3 Å². The lowest BCUT2D eigenvalue weighted by atomic mass is 9.75. The van der Waals surface area contributed by atoms with Gasteiger partial charge in [0.1, 0.15) is 5.54 Å². The fourth-order valence-corrected chi connectivity index (χ4v) is 2.58. The second-order valence-electron chi connectivity index (χ2n) is 4.65. The zero-order valence-corrected chi connectivity index (χ0v) is 10.0. The molecule has 86 valence electrons.